The first-order valence-electron chi connectivity index (χ1n) is 9.27. The zero-order valence-electron chi connectivity index (χ0n) is 15.3. The van der Waals surface area contributed by atoms with Gasteiger partial charge >= 0.3 is 5.97 Å². The van der Waals surface area contributed by atoms with Crippen LogP contribution in [0.2, 0.25) is 0 Å². The first-order chi connectivity index (χ1) is 12.6. The molecule has 1 aliphatic heterocycles. The van der Waals surface area contributed by atoms with Crippen molar-refractivity contribution in [1.29, 1.82) is 0 Å². The van der Waals surface area contributed by atoms with E-state index in [-0.39, 0.29) is 5.97 Å². The van der Waals surface area contributed by atoms with Crippen LogP contribution in [0.15, 0.2) is 60.7 Å². The molecule has 1 fully saturated rings. The van der Waals surface area contributed by atoms with E-state index in [4.69, 9.17) is 4.74 Å². The molecule has 0 bridgehead atoms. The van der Waals surface area contributed by atoms with Gasteiger partial charge in [0.15, 0.2) is 0 Å². The number of ether oxygens (including phenoxy) is 1. The summed E-state index contributed by atoms with van der Waals surface area (Å²) in [6.45, 7) is 3.60. The Morgan fingerprint density at radius 2 is 1.65 bits per heavy atom. The fourth-order valence-corrected chi connectivity index (χ4v) is 3.39. The summed E-state index contributed by atoms with van der Waals surface area (Å²) in [5, 5.41) is 10.2. The van der Waals surface area contributed by atoms with Crippen LogP contribution in [-0.4, -0.2) is 41.3 Å². The lowest BCUT2D eigenvalue weighted by Gasteiger charge is -2.39. The summed E-state index contributed by atoms with van der Waals surface area (Å²) in [6, 6.07) is 19.4. The summed E-state index contributed by atoms with van der Waals surface area (Å²) >= 11 is 0. The molecule has 0 radical (unpaired) electrons. The number of esters is 1. The predicted molar refractivity (Wildman–Crippen MR) is 102 cm³/mol. The lowest BCUT2D eigenvalue weighted by atomic mass is 9.92. The highest BCUT2D eigenvalue weighted by atomic mass is 16.5. The number of nitrogens with zero attached hydrogens (tertiary/aromatic N) is 1. The fraction of sp³-hybridized carbons (Fsp3) is 0.409. The van der Waals surface area contributed by atoms with E-state index in [0.29, 0.717) is 39.0 Å². The molecule has 2 aromatic rings. The van der Waals surface area contributed by atoms with Gasteiger partial charge in [-0.3, -0.25) is 4.90 Å². The number of aliphatic hydroxyl groups is 1. The van der Waals surface area contributed by atoms with Crippen molar-refractivity contribution in [2.45, 2.75) is 37.8 Å². The lowest BCUT2D eigenvalue weighted by molar-refractivity contribution is -0.152. The molecule has 4 nitrogen and oxygen atoms in total. The molecular weight excluding hydrogens is 326 g/mol. The third-order valence-corrected chi connectivity index (χ3v) is 5.06. The number of likely N-dealkylation sites (tertiary alicyclic amines) is 1. The Hall–Kier alpha value is -2.17. The Morgan fingerprint density at radius 1 is 1.08 bits per heavy atom. The predicted octanol–water partition coefficient (Wildman–Crippen LogP) is 3.36. The van der Waals surface area contributed by atoms with Crippen LogP contribution >= 0.6 is 0 Å². The number of hydrogen-bond acceptors (Lipinski definition) is 4. The van der Waals surface area contributed by atoms with Crippen LogP contribution in [0.3, 0.4) is 0 Å². The third kappa shape index (κ3) is 4.93. The van der Waals surface area contributed by atoms with E-state index in [1.807, 2.05) is 67.6 Å². The van der Waals surface area contributed by atoms with Gasteiger partial charge in [-0.15, -0.1) is 0 Å². The van der Waals surface area contributed by atoms with E-state index in [0.717, 1.165) is 11.1 Å². The maximum absolute atomic E-state index is 12.9. The van der Waals surface area contributed by atoms with Crippen molar-refractivity contribution in [3.8, 4) is 0 Å². The lowest BCUT2D eigenvalue weighted by Crippen LogP contribution is -2.46. The van der Waals surface area contributed by atoms with Crippen molar-refractivity contribution in [1.82, 2.24) is 4.90 Å². The van der Waals surface area contributed by atoms with Crippen LogP contribution in [0, 0.1) is 0 Å². The second-order valence-electron chi connectivity index (χ2n) is 7.25. The van der Waals surface area contributed by atoms with Crippen LogP contribution < -0.4 is 0 Å². The first kappa shape index (κ1) is 18.6. The highest BCUT2D eigenvalue weighted by molar-refractivity contribution is 5.77. The Morgan fingerprint density at radius 3 is 2.27 bits per heavy atom. The molecule has 0 aliphatic carbocycles. The maximum Gasteiger partial charge on any atom is 0.328 e. The number of hydrogen-bond donors (Lipinski definition) is 1. The minimum absolute atomic E-state index is 0.214. The second-order valence-corrected chi connectivity index (χ2v) is 7.25. The van der Waals surface area contributed by atoms with Gasteiger partial charge in [0.05, 0.1) is 12.2 Å². The molecule has 1 atom stereocenters. The molecule has 1 aliphatic rings. The molecule has 1 heterocycles. The van der Waals surface area contributed by atoms with Crippen LogP contribution in [0.4, 0.5) is 0 Å². The monoisotopic (exact) mass is 353 g/mol. The quantitative estimate of drug-likeness (QED) is 0.809. The highest BCUT2D eigenvalue weighted by Crippen LogP contribution is 2.29. The van der Waals surface area contributed by atoms with Crippen molar-refractivity contribution in [3.63, 3.8) is 0 Å². The van der Waals surface area contributed by atoms with E-state index in [1.165, 1.54) is 0 Å². The molecule has 0 saturated carbocycles. The van der Waals surface area contributed by atoms with Gasteiger partial charge < -0.3 is 9.84 Å². The largest absolute Gasteiger partial charge is 0.464 e. The van der Waals surface area contributed by atoms with E-state index in [1.54, 1.807) is 0 Å². The summed E-state index contributed by atoms with van der Waals surface area (Å²) in [5.41, 5.74) is 1.46. The summed E-state index contributed by atoms with van der Waals surface area (Å²) in [6.07, 6.45) is 2.03. The Labute approximate surface area is 155 Å². The van der Waals surface area contributed by atoms with E-state index in [9.17, 15) is 9.90 Å². The van der Waals surface area contributed by atoms with Gasteiger partial charge in [0.2, 0.25) is 0 Å². The molecule has 2 aromatic carbocycles. The van der Waals surface area contributed by atoms with Crippen molar-refractivity contribution in [3.05, 3.63) is 71.8 Å². The topological polar surface area (TPSA) is 49.8 Å². The number of carbonyl (C=O) groups excluding carboxylic acids is 1. The van der Waals surface area contributed by atoms with Crippen molar-refractivity contribution < 1.29 is 14.6 Å². The zero-order valence-corrected chi connectivity index (χ0v) is 15.3. The van der Waals surface area contributed by atoms with Crippen LogP contribution in [-0.2, 0) is 16.0 Å². The maximum atomic E-state index is 12.9. The average Bonchev–Trinajstić information content (AvgIpc) is 2.65. The number of benzene rings is 2. The third-order valence-electron chi connectivity index (χ3n) is 5.06. The Balaban J connectivity index is 1.66. The average molecular weight is 353 g/mol. The van der Waals surface area contributed by atoms with E-state index < -0.39 is 11.6 Å². The zero-order chi connectivity index (χ0) is 18.4. The minimum Gasteiger partial charge on any atom is -0.464 e. The van der Waals surface area contributed by atoms with Crippen LogP contribution in [0.1, 0.15) is 36.9 Å². The standard InChI is InChI=1S/C22H27NO3/c1-22(25)13-15-23(16-14-22)20(19-10-6-3-7-11-19)21(24)26-17-12-18-8-4-2-5-9-18/h2-11,20,25H,12-17H2,1H3. The Bertz CT molecular complexity index is 690. The van der Waals surface area contributed by atoms with Gasteiger partial charge in [0, 0.05) is 19.5 Å². The molecule has 26 heavy (non-hydrogen) atoms. The SMILES string of the molecule is CC1(O)CCN(C(C(=O)OCCc2ccccc2)c2ccccc2)CC1. The van der Waals surface area contributed by atoms with Gasteiger partial charge in [-0.2, -0.15) is 0 Å². The van der Waals surface area contributed by atoms with E-state index in [2.05, 4.69) is 4.90 Å². The van der Waals surface area contributed by atoms with Gasteiger partial charge in [-0.25, -0.2) is 4.79 Å². The van der Waals surface area contributed by atoms with Crippen LogP contribution in [0.25, 0.3) is 0 Å². The molecule has 1 unspecified atom stereocenters. The van der Waals surface area contributed by atoms with Crippen molar-refractivity contribution in [2.24, 2.45) is 0 Å². The normalized spacial score (nSPS) is 18.2. The fourth-order valence-electron chi connectivity index (χ4n) is 3.39. The molecule has 0 aromatic heterocycles. The van der Waals surface area contributed by atoms with Gasteiger partial charge in [0.25, 0.3) is 0 Å². The number of rotatable bonds is 6. The summed E-state index contributed by atoms with van der Waals surface area (Å²) in [4.78, 5) is 15.0. The van der Waals surface area contributed by atoms with E-state index >= 15 is 0 Å². The molecule has 1 saturated heterocycles. The molecule has 4 heteroatoms. The van der Waals surface area contributed by atoms with Gasteiger partial charge in [-0.1, -0.05) is 60.7 Å². The van der Waals surface area contributed by atoms with Gasteiger partial charge in [0.1, 0.15) is 6.04 Å². The molecule has 138 valence electrons. The van der Waals surface area contributed by atoms with Crippen molar-refractivity contribution >= 4 is 5.97 Å². The molecule has 0 amide bonds. The van der Waals surface area contributed by atoms with Gasteiger partial charge in [-0.05, 0) is 30.9 Å². The number of piperidine rings is 1. The summed E-state index contributed by atoms with van der Waals surface area (Å²) < 4.78 is 5.62. The number of carbonyl (C=O) groups is 1. The molecular formula is C22H27NO3. The first-order valence-corrected chi connectivity index (χ1v) is 9.27. The smallest absolute Gasteiger partial charge is 0.328 e. The van der Waals surface area contributed by atoms with Crippen molar-refractivity contribution in [2.75, 3.05) is 19.7 Å². The summed E-state index contributed by atoms with van der Waals surface area (Å²) in [7, 11) is 0. The Kier molecular flexibility index (Phi) is 6.07. The van der Waals surface area contributed by atoms with Crippen LogP contribution in [0.5, 0.6) is 0 Å². The molecule has 1 N–H and O–H groups in total. The molecule has 3 rings (SSSR count). The summed E-state index contributed by atoms with van der Waals surface area (Å²) in [5.74, 6) is -0.214. The second kappa shape index (κ2) is 8.47. The highest BCUT2D eigenvalue weighted by Gasteiger charge is 2.35. The minimum atomic E-state index is -0.644. The molecule has 0 spiro atoms.